The van der Waals surface area contributed by atoms with Crippen LogP contribution in [-0.2, 0) is 0 Å². The number of aromatic nitrogens is 1. The van der Waals surface area contributed by atoms with Crippen molar-refractivity contribution in [3.8, 4) is 5.88 Å². The Balaban J connectivity index is 2.71. The summed E-state index contributed by atoms with van der Waals surface area (Å²) in [7, 11) is 4.05. The van der Waals surface area contributed by atoms with Gasteiger partial charge in [0, 0.05) is 11.2 Å². The molecule has 16 heavy (non-hydrogen) atoms. The fourth-order valence-corrected chi connectivity index (χ4v) is 1.03. The Morgan fingerprint density at radius 3 is 2.56 bits per heavy atom. The number of anilines is 1. The van der Waals surface area contributed by atoms with Gasteiger partial charge in [-0.3, -0.25) is 0 Å². The van der Waals surface area contributed by atoms with Crippen LogP contribution in [0.4, 0.5) is 5.69 Å². The molecule has 1 aromatic heterocycles. The molecule has 90 valence electrons. The van der Waals surface area contributed by atoms with Crippen molar-refractivity contribution in [3.05, 3.63) is 17.8 Å². The van der Waals surface area contributed by atoms with Gasteiger partial charge in [-0.25, -0.2) is 4.98 Å². The Labute approximate surface area is 97.4 Å². The van der Waals surface area contributed by atoms with Crippen molar-refractivity contribution in [2.24, 2.45) is 0 Å². The highest BCUT2D eigenvalue weighted by Crippen LogP contribution is 2.20. The largest absolute Gasteiger partial charge is 0.474 e. The van der Waals surface area contributed by atoms with E-state index in [0.29, 0.717) is 18.2 Å². The molecule has 0 atom stereocenters. The molecule has 0 bridgehead atoms. The van der Waals surface area contributed by atoms with E-state index in [9.17, 15) is 0 Å². The number of nitrogen functional groups attached to an aromatic ring is 1. The Kier molecular flexibility index (Phi) is 3.75. The molecule has 2 N–H and O–H groups in total. The van der Waals surface area contributed by atoms with Crippen molar-refractivity contribution in [1.82, 2.24) is 9.88 Å². The highest BCUT2D eigenvalue weighted by Gasteiger charge is 2.22. The first kappa shape index (κ1) is 12.8. The molecule has 0 aromatic carbocycles. The van der Waals surface area contributed by atoms with Crippen LogP contribution >= 0.6 is 0 Å². The van der Waals surface area contributed by atoms with Crippen LogP contribution in [0.15, 0.2) is 12.1 Å². The summed E-state index contributed by atoms with van der Waals surface area (Å²) in [6, 6.07) is 3.69. The van der Waals surface area contributed by atoms with E-state index in [1.807, 2.05) is 33.2 Å². The fraction of sp³-hybridized carbons (Fsp3) is 0.583. The number of pyridine rings is 1. The molecule has 0 spiro atoms. The topological polar surface area (TPSA) is 51.4 Å². The van der Waals surface area contributed by atoms with Gasteiger partial charge in [0.05, 0.1) is 5.69 Å². The first-order valence-electron chi connectivity index (χ1n) is 5.36. The minimum atomic E-state index is -0.0438. The van der Waals surface area contributed by atoms with Crippen LogP contribution < -0.4 is 10.5 Å². The van der Waals surface area contributed by atoms with Crippen LogP contribution in [0.5, 0.6) is 5.88 Å². The van der Waals surface area contributed by atoms with Gasteiger partial charge in [0.2, 0.25) is 5.88 Å². The summed E-state index contributed by atoms with van der Waals surface area (Å²) in [5.41, 5.74) is 7.24. The van der Waals surface area contributed by atoms with E-state index in [1.54, 1.807) is 0 Å². The zero-order chi connectivity index (χ0) is 12.3. The number of hydrogen-bond donors (Lipinski definition) is 1. The molecule has 1 heterocycles. The second-order valence-electron chi connectivity index (χ2n) is 4.84. The Morgan fingerprint density at radius 1 is 1.38 bits per heavy atom. The lowest BCUT2D eigenvalue weighted by Gasteiger charge is -2.32. The van der Waals surface area contributed by atoms with E-state index in [4.69, 9.17) is 10.5 Å². The molecule has 0 unspecified atom stereocenters. The third-order valence-electron chi connectivity index (χ3n) is 2.80. The third-order valence-corrected chi connectivity index (χ3v) is 2.80. The van der Waals surface area contributed by atoms with Gasteiger partial charge in [-0.15, -0.1) is 0 Å². The number of hydrogen-bond acceptors (Lipinski definition) is 4. The smallest absolute Gasteiger partial charge is 0.237 e. The number of rotatable bonds is 4. The maximum Gasteiger partial charge on any atom is 0.237 e. The van der Waals surface area contributed by atoms with Gasteiger partial charge >= 0.3 is 0 Å². The molecule has 1 rings (SSSR count). The molecule has 0 amide bonds. The van der Waals surface area contributed by atoms with Crippen molar-refractivity contribution in [3.63, 3.8) is 0 Å². The van der Waals surface area contributed by atoms with Crippen LogP contribution in [0.2, 0.25) is 0 Å². The molecular weight excluding hydrogens is 202 g/mol. The van der Waals surface area contributed by atoms with Crippen molar-refractivity contribution in [2.75, 3.05) is 26.4 Å². The van der Waals surface area contributed by atoms with Gasteiger partial charge in [-0.05, 0) is 47.0 Å². The van der Waals surface area contributed by atoms with Gasteiger partial charge in [-0.1, -0.05) is 0 Å². The molecule has 4 nitrogen and oxygen atoms in total. The molecule has 0 radical (unpaired) electrons. The maximum atomic E-state index is 5.79. The van der Waals surface area contributed by atoms with Crippen LogP contribution in [0, 0.1) is 6.92 Å². The van der Waals surface area contributed by atoms with E-state index in [1.165, 1.54) is 0 Å². The standard InChI is InChI=1S/C12H21N3O/c1-9-6-7-10(13)11(14-9)16-8-12(2,3)15(4)5/h6-7H,8,13H2,1-5H3. The maximum absolute atomic E-state index is 5.79. The summed E-state index contributed by atoms with van der Waals surface area (Å²) >= 11 is 0. The average molecular weight is 223 g/mol. The summed E-state index contributed by atoms with van der Waals surface area (Å²) < 4.78 is 5.67. The van der Waals surface area contributed by atoms with Crippen molar-refractivity contribution in [2.45, 2.75) is 26.3 Å². The second-order valence-corrected chi connectivity index (χ2v) is 4.84. The lowest BCUT2D eigenvalue weighted by molar-refractivity contribution is 0.111. The van der Waals surface area contributed by atoms with Crippen LogP contribution in [-0.4, -0.2) is 36.1 Å². The molecule has 0 saturated carbocycles. The predicted molar refractivity (Wildman–Crippen MR) is 66.6 cm³/mol. The van der Waals surface area contributed by atoms with Gasteiger partial charge in [-0.2, -0.15) is 0 Å². The molecule has 0 fully saturated rings. The van der Waals surface area contributed by atoms with E-state index >= 15 is 0 Å². The molecule has 0 aliphatic rings. The second kappa shape index (κ2) is 4.70. The van der Waals surface area contributed by atoms with Crippen LogP contribution in [0.3, 0.4) is 0 Å². The SMILES string of the molecule is Cc1ccc(N)c(OCC(C)(C)N(C)C)n1. The lowest BCUT2D eigenvalue weighted by atomic mass is 10.1. The van der Waals surface area contributed by atoms with Gasteiger partial charge in [0.15, 0.2) is 0 Å². The highest BCUT2D eigenvalue weighted by atomic mass is 16.5. The number of nitrogens with zero attached hydrogens (tertiary/aromatic N) is 2. The quantitative estimate of drug-likeness (QED) is 0.844. The van der Waals surface area contributed by atoms with Crippen molar-refractivity contribution >= 4 is 5.69 Å². The molecule has 1 aromatic rings. The average Bonchev–Trinajstić information content (AvgIpc) is 2.19. The molecule has 0 saturated heterocycles. The van der Waals surface area contributed by atoms with Gasteiger partial charge in [0.25, 0.3) is 0 Å². The number of nitrogens with two attached hydrogens (primary N) is 1. The Hall–Kier alpha value is -1.29. The van der Waals surface area contributed by atoms with E-state index in [-0.39, 0.29) is 5.54 Å². The summed E-state index contributed by atoms with van der Waals surface area (Å²) in [5.74, 6) is 0.523. The molecule has 0 aliphatic heterocycles. The van der Waals surface area contributed by atoms with E-state index in [0.717, 1.165) is 5.69 Å². The minimum Gasteiger partial charge on any atom is -0.474 e. The highest BCUT2D eigenvalue weighted by molar-refractivity contribution is 5.48. The molecule has 0 aliphatic carbocycles. The minimum absolute atomic E-state index is 0.0438. The molecular formula is C12H21N3O. The zero-order valence-corrected chi connectivity index (χ0v) is 10.7. The summed E-state index contributed by atoms with van der Waals surface area (Å²) in [6.07, 6.45) is 0. The van der Waals surface area contributed by atoms with Gasteiger partial charge in [0.1, 0.15) is 6.61 Å². The van der Waals surface area contributed by atoms with Crippen molar-refractivity contribution < 1.29 is 4.74 Å². The summed E-state index contributed by atoms with van der Waals surface area (Å²) in [4.78, 5) is 6.38. The number of likely N-dealkylation sites (N-methyl/N-ethyl adjacent to an activating group) is 1. The lowest BCUT2D eigenvalue weighted by Crippen LogP contribution is -2.43. The molecule has 4 heteroatoms. The Morgan fingerprint density at radius 2 is 2.00 bits per heavy atom. The zero-order valence-electron chi connectivity index (χ0n) is 10.7. The fourth-order valence-electron chi connectivity index (χ4n) is 1.03. The number of aryl methyl sites for hydroxylation is 1. The first-order chi connectivity index (χ1) is 7.33. The number of ether oxygens (including phenoxy) is 1. The first-order valence-corrected chi connectivity index (χ1v) is 5.36. The summed E-state index contributed by atoms with van der Waals surface area (Å²) in [6.45, 7) is 6.70. The third kappa shape index (κ3) is 3.10. The van der Waals surface area contributed by atoms with E-state index < -0.39 is 0 Å². The van der Waals surface area contributed by atoms with Crippen LogP contribution in [0.25, 0.3) is 0 Å². The monoisotopic (exact) mass is 223 g/mol. The normalized spacial score (nSPS) is 11.9. The van der Waals surface area contributed by atoms with Gasteiger partial charge < -0.3 is 15.4 Å². The Bertz CT molecular complexity index is 361. The van der Waals surface area contributed by atoms with Crippen LogP contribution in [0.1, 0.15) is 19.5 Å². The van der Waals surface area contributed by atoms with Crippen molar-refractivity contribution in [1.29, 1.82) is 0 Å². The van der Waals surface area contributed by atoms with E-state index in [2.05, 4.69) is 23.7 Å². The summed E-state index contributed by atoms with van der Waals surface area (Å²) in [5, 5.41) is 0. The predicted octanol–water partition coefficient (Wildman–Crippen LogP) is 1.69.